The second-order valence-electron chi connectivity index (χ2n) is 1.67. The summed E-state index contributed by atoms with van der Waals surface area (Å²) >= 11 is -1.26. The molecule has 0 aliphatic carbocycles. The largest absolute Gasteiger partial charge is 0.399 e. The van der Waals surface area contributed by atoms with Crippen LogP contribution in [-0.4, -0.2) is 15.4 Å². The van der Waals surface area contributed by atoms with Crippen LogP contribution in [0, 0.1) is 0 Å². The van der Waals surface area contributed by atoms with Crippen molar-refractivity contribution >= 4 is 11.1 Å². The zero-order valence-corrected chi connectivity index (χ0v) is 6.30. The lowest BCUT2D eigenvalue weighted by atomic mass is 10.5. The summed E-state index contributed by atoms with van der Waals surface area (Å²) in [5, 5.41) is 0. The van der Waals surface area contributed by atoms with Crippen LogP contribution in [0.4, 0.5) is 0 Å². The monoisotopic (exact) mass is 157 g/mol. The molecule has 0 saturated heterocycles. The Morgan fingerprint density at radius 2 is 2.50 bits per heavy atom. The highest BCUT2D eigenvalue weighted by atomic mass is 32.2. The van der Waals surface area contributed by atoms with E-state index >= 15 is 0 Å². The van der Waals surface area contributed by atoms with Gasteiger partial charge in [0, 0.05) is 12.5 Å². The quantitative estimate of drug-likeness (QED) is 0.636. The van der Waals surface area contributed by atoms with Crippen molar-refractivity contribution in [3.8, 4) is 5.75 Å². The molecule has 0 saturated carbocycles. The van der Waals surface area contributed by atoms with Gasteiger partial charge in [0.25, 0.3) is 0 Å². The van der Waals surface area contributed by atoms with Crippen LogP contribution >= 0.6 is 0 Å². The highest BCUT2D eigenvalue weighted by Gasteiger charge is 1.92. The molecule has 1 aromatic heterocycles. The minimum absolute atomic E-state index is 0.531. The molecule has 1 aromatic rings. The predicted octanol–water partition coefficient (Wildman–Crippen LogP) is 0.754. The third-order valence-electron chi connectivity index (χ3n) is 0.848. The van der Waals surface area contributed by atoms with Crippen LogP contribution in [0.2, 0.25) is 0 Å². The zero-order valence-electron chi connectivity index (χ0n) is 5.48. The number of nitrogens with zero attached hydrogens (tertiary/aromatic N) is 1. The summed E-state index contributed by atoms with van der Waals surface area (Å²) in [5.74, 6) is 0.531. The van der Waals surface area contributed by atoms with E-state index in [1.807, 2.05) is 0 Å². The topological polar surface area (TPSA) is 39.2 Å². The van der Waals surface area contributed by atoms with Gasteiger partial charge in [-0.3, -0.25) is 4.98 Å². The Bertz CT molecular complexity index is 224. The molecule has 54 valence electrons. The summed E-state index contributed by atoms with van der Waals surface area (Å²) in [5.41, 5.74) is 0. The molecule has 0 amide bonds. The first-order valence-corrected chi connectivity index (χ1v) is 4.19. The van der Waals surface area contributed by atoms with Gasteiger partial charge >= 0.3 is 0 Å². The lowest BCUT2D eigenvalue weighted by molar-refractivity contribution is 0.566. The molecule has 0 spiro atoms. The molecule has 3 nitrogen and oxygen atoms in total. The molecule has 1 atom stereocenters. The average Bonchev–Trinajstić information content (AvgIpc) is 1.88. The van der Waals surface area contributed by atoms with Crippen molar-refractivity contribution in [3.05, 3.63) is 24.5 Å². The van der Waals surface area contributed by atoms with Gasteiger partial charge in [0.2, 0.25) is 11.1 Å². The lowest BCUT2D eigenvalue weighted by Crippen LogP contribution is -1.96. The van der Waals surface area contributed by atoms with Crippen LogP contribution in [-0.2, 0) is 11.1 Å². The number of pyridine rings is 1. The third-order valence-corrected chi connectivity index (χ3v) is 1.28. The maximum Gasteiger partial charge on any atom is 0.203 e. The van der Waals surface area contributed by atoms with Crippen molar-refractivity contribution in [2.75, 3.05) is 6.26 Å². The molecule has 0 fully saturated rings. The first-order valence-electron chi connectivity index (χ1n) is 2.71. The number of aromatic nitrogens is 1. The van der Waals surface area contributed by atoms with Gasteiger partial charge in [-0.1, -0.05) is 0 Å². The fourth-order valence-electron chi connectivity index (χ4n) is 0.532. The van der Waals surface area contributed by atoms with Gasteiger partial charge in [0.05, 0.1) is 6.20 Å². The number of rotatable bonds is 2. The summed E-state index contributed by atoms with van der Waals surface area (Å²) in [7, 11) is 0. The van der Waals surface area contributed by atoms with Gasteiger partial charge in [0.1, 0.15) is 0 Å². The van der Waals surface area contributed by atoms with Crippen LogP contribution in [0.1, 0.15) is 0 Å². The van der Waals surface area contributed by atoms with E-state index in [1.165, 1.54) is 12.5 Å². The number of hydrogen-bond acceptors (Lipinski definition) is 3. The minimum Gasteiger partial charge on any atom is -0.399 e. The fraction of sp³-hybridized carbons (Fsp3) is 0.167. The molecule has 0 radical (unpaired) electrons. The van der Waals surface area contributed by atoms with Crippen LogP contribution in [0.5, 0.6) is 5.75 Å². The van der Waals surface area contributed by atoms with Crippen molar-refractivity contribution in [1.82, 2.24) is 4.98 Å². The summed E-state index contributed by atoms with van der Waals surface area (Å²) in [6, 6.07) is 3.43. The molecule has 1 unspecified atom stereocenters. The first kappa shape index (κ1) is 7.21. The summed E-state index contributed by atoms with van der Waals surface area (Å²) in [6.45, 7) is 0. The molecular formula is C6H7NO2S. The van der Waals surface area contributed by atoms with E-state index in [4.69, 9.17) is 4.18 Å². The molecule has 1 rings (SSSR count). The van der Waals surface area contributed by atoms with Gasteiger partial charge in [-0.15, -0.1) is 0 Å². The van der Waals surface area contributed by atoms with Crippen molar-refractivity contribution < 1.29 is 8.39 Å². The Labute approximate surface area is 61.7 Å². The molecule has 1 heterocycles. The average molecular weight is 157 g/mol. The third kappa shape index (κ3) is 2.14. The highest BCUT2D eigenvalue weighted by molar-refractivity contribution is 7.79. The molecule has 10 heavy (non-hydrogen) atoms. The Kier molecular flexibility index (Phi) is 2.39. The zero-order chi connectivity index (χ0) is 7.40. The Balaban J connectivity index is 2.67. The van der Waals surface area contributed by atoms with Crippen LogP contribution in [0.3, 0.4) is 0 Å². The lowest BCUT2D eigenvalue weighted by Gasteiger charge is -1.97. The van der Waals surface area contributed by atoms with Crippen molar-refractivity contribution in [1.29, 1.82) is 0 Å². The van der Waals surface area contributed by atoms with Crippen LogP contribution in [0.15, 0.2) is 24.5 Å². The second kappa shape index (κ2) is 3.31. The summed E-state index contributed by atoms with van der Waals surface area (Å²) in [4.78, 5) is 3.78. The molecule has 0 aromatic carbocycles. The molecule has 0 aliphatic heterocycles. The smallest absolute Gasteiger partial charge is 0.203 e. The van der Waals surface area contributed by atoms with E-state index in [9.17, 15) is 4.21 Å². The number of hydrogen-bond donors (Lipinski definition) is 0. The van der Waals surface area contributed by atoms with Gasteiger partial charge in [-0.05, 0) is 12.1 Å². The minimum atomic E-state index is -1.26. The molecular weight excluding hydrogens is 150 g/mol. The normalized spacial score (nSPS) is 12.5. The van der Waals surface area contributed by atoms with E-state index in [1.54, 1.807) is 18.3 Å². The second-order valence-corrected chi connectivity index (χ2v) is 2.64. The molecule has 4 heteroatoms. The maximum absolute atomic E-state index is 10.5. The SMILES string of the molecule is CS(=O)Oc1cccnc1. The molecule has 0 bridgehead atoms. The predicted molar refractivity (Wildman–Crippen MR) is 38.9 cm³/mol. The standard InChI is InChI=1S/C6H7NO2S/c1-10(8)9-6-3-2-4-7-5-6/h2-5H,1H3. The van der Waals surface area contributed by atoms with Crippen molar-refractivity contribution in [2.45, 2.75) is 0 Å². The summed E-state index contributed by atoms with van der Waals surface area (Å²) < 4.78 is 15.3. The van der Waals surface area contributed by atoms with E-state index in [0.717, 1.165) is 0 Å². The molecule has 0 aliphatic rings. The first-order chi connectivity index (χ1) is 4.79. The maximum atomic E-state index is 10.5. The van der Waals surface area contributed by atoms with Gasteiger partial charge in [-0.25, -0.2) is 4.21 Å². The Morgan fingerprint density at radius 3 is 3.00 bits per heavy atom. The van der Waals surface area contributed by atoms with E-state index in [-0.39, 0.29) is 0 Å². The van der Waals surface area contributed by atoms with Crippen molar-refractivity contribution in [3.63, 3.8) is 0 Å². The molecule has 0 N–H and O–H groups in total. The van der Waals surface area contributed by atoms with E-state index < -0.39 is 11.1 Å². The van der Waals surface area contributed by atoms with Gasteiger partial charge in [-0.2, -0.15) is 0 Å². The Hall–Kier alpha value is -0.900. The van der Waals surface area contributed by atoms with Crippen LogP contribution in [0.25, 0.3) is 0 Å². The van der Waals surface area contributed by atoms with Crippen molar-refractivity contribution in [2.24, 2.45) is 0 Å². The van der Waals surface area contributed by atoms with E-state index in [2.05, 4.69) is 4.98 Å². The fourth-order valence-corrected chi connectivity index (χ4v) is 0.902. The summed E-state index contributed by atoms with van der Waals surface area (Å²) in [6.07, 6.45) is 4.61. The van der Waals surface area contributed by atoms with E-state index in [0.29, 0.717) is 5.75 Å². The Morgan fingerprint density at radius 1 is 1.70 bits per heavy atom. The van der Waals surface area contributed by atoms with Crippen LogP contribution < -0.4 is 4.18 Å². The van der Waals surface area contributed by atoms with Gasteiger partial charge < -0.3 is 4.18 Å². The highest BCUT2D eigenvalue weighted by Crippen LogP contribution is 2.06. The van der Waals surface area contributed by atoms with Gasteiger partial charge in [0.15, 0.2) is 5.75 Å².